The molecule has 0 fully saturated rings. The van der Waals surface area contributed by atoms with Crippen LogP contribution in [-0.2, 0) is 9.53 Å². The highest BCUT2D eigenvalue weighted by Crippen LogP contribution is 2.13. The Kier molecular flexibility index (Phi) is 16.9. The van der Waals surface area contributed by atoms with E-state index in [0.717, 1.165) is 31.1 Å². The van der Waals surface area contributed by atoms with E-state index in [1.54, 1.807) is 0 Å². The van der Waals surface area contributed by atoms with Crippen molar-refractivity contribution in [3.8, 4) is 0 Å². The van der Waals surface area contributed by atoms with Gasteiger partial charge in [0.05, 0.1) is 6.61 Å². The molecule has 24 heavy (non-hydrogen) atoms. The summed E-state index contributed by atoms with van der Waals surface area (Å²) in [6.45, 7) is 9.74. The molecule has 0 aromatic heterocycles. The van der Waals surface area contributed by atoms with Gasteiger partial charge >= 0.3 is 5.97 Å². The molecule has 0 heterocycles. The topological polar surface area (TPSA) is 26.3 Å². The number of ether oxygens (including phenoxy) is 1. The van der Waals surface area contributed by atoms with Crippen molar-refractivity contribution >= 4 is 5.97 Å². The van der Waals surface area contributed by atoms with Gasteiger partial charge in [-0.3, -0.25) is 4.79 Å². The number of hydrogen-bond acceptors (Lipinski definition) is 2. The van der Waals surface area contributed by atoms with Gasteiger partial charge in [0, 0.05) is 6.42 Å². The van der Waals surface area contributed by atoms with Crippen molar-refractivity contribution in [2.24, 2.45) is 11.8 Å². The first-order valence-electron chi connectivity index (χ1n) is 10.7. The molecule has 0 aliphatic rings. The largest absolute Gasteiger partial charge is 0.466 e. The Hall–Kier alpha value is -0.530. The van der Waals surface area contributed by atoms with Gasteiger partial charge in [0.25, 0.3) is 0 Å². The van der Waals surface area contributed by atoms with Crippen molar-refractivity contribution in [1.29, 1.82) is 0 Å². The molecule has 0 saturated heterocycles. The second-order valence-corrected chi connectivity index (χ2v) is 8.22. The van der Waals surface area contributed by atoms with Gasteiger partial charge in [-0.05, 0) is 24.7 Å². The van der Waals surface area contributed by atoms with Crippen molar-refractivity contribution in [2.75, 3.05) is 6.61 Å². The molecule has 0 atom stereocenters. The zero-order valence-corrected chi connectivity index (χ0v) is 17.1. The van der Waals surface area contributed by atoms with Gasteiger partial charge in [-0.2, -0.15) is 0 Å². The van der Waals surface area contributed by atoms with Crippen LogP contribution in [0.15, 0.2) is 0 Å². The van der Waals surface area contributed by atoms with E-state index in [9.17, 15) is 4.79 Å². The lowest BCUT2D eigenvalue weighted by Crippen LogP contribution is -2.05. The molecule has 2 nitrogen and oxygen atoms in total. The first kappa shape index (κ1) is 23.5. The molecule has 0 aromatic carbocycles. The van der Waals surface area contributed by atoms with E-state index in [2.05, 4.69) is 27.7 Å². The van der Waals surface area contributed by atoms with Crippen molar-refractivity contribution in [3.63, 3.8) is 0 Å². The van der Waals surface area contributed by atoms with Gasteiger partial charge in [-0.15, -0.1) is 0 Å². The predicted octanol–water partition coefficient (Wildman–Crippen LogP) is 7.30. The van der Waals surface area contributed by atoms with Gasteiger partial charge in [0.2, 0.25) is 0 Å². The Balaban J connectivity index is 3.16. The summed E-state index contributed by atoms with van der Waals surface area (Å²) < 4.78 is 5.31. The number of esters is 1. The van der Waals surface area contributed by atoms with Crippen LogP contribution in [0.2, 0.25) is 0 Å². The molecule has 0 bridgehead atoms. The number of unbranched alkanes of at least 4 members (excludes halogenated alkanes) is 9. The van der Waals surface area contributed by atoms with Crippen molar-refractivity contribution in [3.05, 3.63) is 0 Å². The molecule has 0 amide bonds. The Bertz CT molecular complexity index is 271. The zero-order chi connectivity index (χ0) is 18.0. The molecule has 2 heteroatoms. The van der Waals surface area contributed by atoms with Gasteiger partial charge in [0.1, 0.15) is 0 Å². The summed E-state index contributed by atoms with van der Waals surface area (Å²) in [6, 6.07) is 0. The fourth-order valence-corrected chi connectivity index (χ4v) is 2.97. The Morgan fingerprint density at radius 1 is 0.625 bits per heavy atom. The molecule has 144 valence electrons. The number of rotatable bonds is 17. The van der Waals surface area contributed by atoms with Crippen LogP contribution in [0.5, 0.6) is 0 Å². The number of carbonyl (C=O) groups excluding carboxylic acids is 1. The molecular formula is C22H44O2. The number of hydrogen-bond donors (Lipinski definition) is 0. The standard InChI is InChI=1S/C22H44O2/c1-20(2)16-12-9-7-5-6-8-10-15-19-24-22(23)18-14-11-13-17-21(3)4/h20-21H,5-19H2,1-4H3. The van der Waals surface area contributed by atoms with Crippen LogP contribution in [0.3, 0.4) is 0 Å². The van der Waals surface area contributed by atoms with Crippen LogP contribution in [0.4, 0.5) is 0 Å². The average Bonchev–Trinajstić information content (AvgIpc) is 2.51. The lowest BCUT2D eigenvalue weighted by molar-refractivity contribution is -0.143. The van der Waals surface area contributed by atoms with Gasteiger partial charge < -0.3 is 4.74 Å². The molecule has 0 saturated carbocycles. The molecule has 0 spiro atoms. The quantitative estimate of drug-likeness (QED) is 0.205. The Morgan fingerprint density at radius 2 is 1.04 bits per heavy atom. The SMILES string of the molecule is CC(C)CCCCCCCCCCOC(=O)CCCCCC(C)C. The maximum Gasteiger partial charge on any atom is 0.305 e. The summed E-state index contributed by atoms with van der Waals surface area (Å²) in [6.07, 6.45) is 17.0. The molecule has 0 aromatic rings. The number of carbonyl (C=O) groups is 1. The fourth-order valence-electron chi connectivity index (χ4n) is 2.97. The Morgan fingerprint density at radius 3 is 1.54 bits per heavy atom. The average molecular weight is 341 g/mol. The summed E-state index contributed by atoms with van der Waals surface area (Å²) in [7, 11) is 0. The summed E-state index contributed by atoms with van der Waals surface area (Å²) in [5.74, 6) is 1.63. The monoisotopic (exact) mass is 340 g/mol. The molecule has 0 rings (SSSR count). The Labute approximate surface area is 152 Å². The second kappa shape index (κ2) is 17.3. The second-order valence-electron chi connectivity index (χ2n) is 8.22. The highest BCUT2D eigenvalue weighted by Gasteiger charge is 2.03. The van der Waals surface area contributed by atoms with Crippen molar-refractivity contribution < 1.29 is 9.53 Å². The molecule has 0 N–H and O–H groups in total. The summed E-state index contributed by atoms with van der Waals surface area (Å²) >= 11 is 0. The molecule has 0 radical (unpaired) electrons. The van der Waals surface area contributed by atoms with Crippen LogP contribution in [-0.4, -0.2) is 12.6 Å². The van der Waals surface area contributed by atoms with E-state index in [1.807, 2.05) is 0 Å². The van der Waals surface area contributed by atoms with E-state index in [4.69, 9.17) is 4.74 Å². The molecular weight excluding hydrogens is 296 g/mol. The summed E-state index contributed by atoms with van der Waals surface area (Å²) in [5.41, 5.74) is 0. The van der Waals surface area contributed by atoms with E-state index in [-0.39, 0.29) is 5.97 Å². The van der Waals surface area contributed by atoms with Crippen LogP contribution in [0.1, 0.15) is 118 Å². The highest BCUT2D eigenvalue weighted by molar-refractivity contribution is 5.69. The molecule has 0 aliphatic heterocycles. The summed E-state index contributed by atoms with van der Waals surface area (Å²) in [5, 5.41) is 0. The third kappa shape index (κ3) is 19.5. The first-order chi connectivity index (χ1) is 11.5. The maximum absolute atomic E-state index is 11.6. The third-order valence-electron chi connectivity index (χ3n) is 4.60. The van der Waals surface area contributed by atoms with Crippen LogP contribution >= 0.6 is 0 Å². The van der Waals surface area contributed by atoms with Gasteiger partial charge in [0.15, 0.2) is 0 Å². The zero-order valence-electron chi connectivity index (χ0n) is 17.1. The summed E-state index contributed by atoms with van der Waals surface area (Å²) in [4.78, 5) is 11.6. The maximum atomic E-state index is 11.6. The van der Waals surface area contributed by atoms with E-state index >= 15 is 0 Å². The minimum atomic E-state index is 0.00435. The smallest absolute Gasteiger partial charge is 0.305 e. The minimum absolute atomic E-state index is 0.00435. The lowest BCUT2D eigenvalue weighted by Gasteiger charge is -2.06. The van der Waals surface area contributed by atoms with Crippen molar-refractivity contribution in [2.45, 2.75) is 118 Å². The third-order valence-corrected chi connectivity index (χ3v) is 4.60. The predicted molar refractivity (Wildman–Crippen MR) is 105 cm³/mol. The normalized spacial score (nSPS) is 11.4. The fraction of sp³-hybridized carbons (Fsp3) is 0.955. The first-order valence-corrected chi connectivity index (χ1v) is 10.7. The molecule has 0 unspecified atom stereocenters. The van der Waals surface area contributed by atoms with E-state index in [1.165, 1.54) is 64.2 Å². The molecule has 0 aliphatic carbocycles. The van der Waals surface area contributed by atoms with Gasteiger partial charge in [-0.1, -0.05) is 98.3 Å². The van der Waals surface area contributed by atoms with Crippen LogP contribution < -0.4 is 0 Å². The van der Waals surface area contributed by atoms with E-state index in [0.29, 0.717) is 13.0 Å². The van der Waals surface area contributed by atoms with Gasteiger partial charge in [-0.25, -0.2) is 0 Å². The lowest BCUT2D eigenvalue weighted by atomic mass is 10.0. The van der Waals surface area contributed by atoms with Crippen molar-refractivity contribution in [1.82, 2.24) is 0 Å². The van der Waals surface area contributed by atoms with Crippen LogP contribution in [0.25, 0.3) is 0 Å². The van der Waals surface area contributed by atoms with E-state index < -0.39 is 0 Å². The minimum Gasteiger partial charge on any atom is -0.466 e. The van der Waals surface area contributed by atoms with Crippen LogP contribution in [0, 0.1) is 11.8 Å². The highest BCUT2D eigenvalue weighted by atomic mass is 16.5.